The molecule has 0 saturated carbocycles. The van der Waals surface area contributed by atoms with Crippen LogP contribution in [0.3, 0.4) is 0 Å². The van der Waals surface area contributed by atoms with Crippen LogP contribution in [0.1, 0.15) is 45.2 Å². The van der Waals surface area contributed by atoms with E-state index in [-0.39, 0.29) is 6.04 Å². The maximum absolute atomic E-state index is 9.53. The molecule has 3 unspecified atom stereocenters. The molecule has 0 amide bonds. The summed E-state index contributed by atoms with van der Waals surface area (Å²) < 4.78 is 0. The minimum absolute atomic E-state index is 0.151. The summed E-state index contributed by atoms with van der Waals surface area (Å²) in [6.07, 6.45) is 1.75. The highest BCUT2D eigenvalue weighted by Crippen LogP contribution is 2.27. The number of rotatable bonds is 6. The minimum Gasteiger partial charge on any atom is -0.399 e. The molecule has 96 valence electrons. The van der Waals surface area contributed by atoms with E-state index < -0.39 is 6.23 Å². The van der Waals surface area contributed by atoms with Gasteiger partial charge in [-0.25, -0.2) is 0 Å². The summed E-state index contributed by atoms with van der Waals surface area (Å²) >= 11 is 0. The van der Waals surface area contributed by atoms with Crippen molar-refractivity contribution in [2.45, 2.75) is 45.9 Å². The number of nitrogen functional groups attached to an aromatic ring is 1. The fraction of sp³-hybridized carbons (Fsp3) is 0.571. The van der Waals surface area contributed by atoms with Gasteiger partial charge in [0.25, 0.3) is 0 Å². The van der Waals surface area contributed by atoms with Crippen LogP contribution in [0, 0.1) is 5.92 Å². The molecule has 0 aliphatic rings. The number of hydrogen-bond donors (Lipinski definition) is 3. The van der Waals surface area contributed by atoms with Crippen LogP contribution in [0.15, 0.2) is 24.3 Å². The van der Waals surface area contributed by atoms with Crippen LogP contribution < -0.4 is 11.1 Å². The Morgan fingerprint density at radius 1 is 1.35 bits per heavy atom. The van der Waals surface area contributed by atoms with Crippen molar-refractivity contribution in [3.05, 3.63) is 29.8 Å². The lowest BCUT2D eigenvalue weighted by molar-refractivity contribution is 0.125. The van der Waals surface area contributed by atoms with E-state index in [1.807, 2.05) is 18.2 Å². The van der Waals surface area contributed by atoms with E-state index in [0.717, 1.165) is 24.1 Å². The van der Waals surface area contributed by atoms with E-state index in [1.165, 1.54) is 0 Å². The van der Waals surface area contributed by atoms with E-state index >= 15 is 0 Å². The van der Waals surface area contributed by atoms with E-state index in [2.05, 4.69) is 25.2 Å². The van der Waals surface area contributed by atoms with Gasteiger partial charge in [-0.15, -0.1) is 0 Å². The smallest absolute Gasteiger partial charge is 0.102 e. The molecule has 17 heavy (non-hydrogen) atoms. The third-order valence-corrected chi connectivity index (χ3v) is 3.00. The molecule has 3 nitrogen and oxygen atoms in total. The highest BCUT2D eigenvalue weighted by atomic mass is 16.3. The van der Waals surface area contributed by atoms with Gasteiger partial charge in [0.05, 0.1) is 0 Å². The topological polar surface area (TPSA) is 58.3 Å². The van der Waals surface area contributed by atoms with Crippen molar-refractivity contribution < 1.29 is 5.11 Å². The van der Waals surface area contributed by atoms with Crippen LogP contribution in [0.2, 0.25) is 0 Å². The molecule has 0 aromatic heterocycles. The molecule has 1 aromatic rings. The van der Waals surface area contributed by atoms with Crippen molar-refractivity contribution in [1.82, 2.24) is 5.32 Å². The first-order valence-corrected chi connectivity index (χ1v) is 6.34. The quantitative estimate of drug-likeness (QED) is 0.526. The van der Waals surface area contributed by atoms with E-state index in [1.54, 1.807) is 6.92 Å². The molecule has 0 saturated heterocycles. The summed E-state index contributed by atoms with van der Waals surface area (Å²) in [5, 5.41) is 12.7. The van der Waals surface area contributed by atoms with Crippen LogP contribution in [-0.4, -0.2) is 11.3 Å². The van der Waals surface area contributed by atoms with Gasteiger partial charge in [0, 0.05) is 11.7 Å². The molecular formula is C14H24N2O. The summed E-state index contributed by atoms with van der Waals surface area (Å²) in [4.78, 5) is 0. The van der Waals surface area contributed by atoms with Gasteiger partial charge in [-0.05, 0) is 37.0 Å². The predicted molar refractivity (Wildman–Crippen MR) is 72.5 cm³/mol. The van der Waals surface area contributed by atoms with Gasteiger partial charge in [-0.1, -0.05) is 32.4 Å². The largest absolute Gasteiger partial charge is 0.399 e. The fourth-order valence-electron chi connectivity index (χ4n) is 2.22. The molecule has 4 N–H and O–H groups in total. The Balaban J connectivity index is 2.88. The van der Waals surface area contributed by atoms with Gasteiger partial charge >= 0.3 is 0 Å². The Hall–Kier alpha value is -1.06. The van der Waals surface area contributed by atoms with Gasteiger partial charge < -0.3 is 10.8 Å². The van der Waals surface area contributed by atoms with Crippen molar-refractivity contribution in [3.63, 3.8) is 0 Å². The third-order valence-electron chi connectivity index (χ3n) is 3.00. The SMILES string of the molecule is CCCC(C)C(NC(C)O)c1cccc(N)c1. The normalized spacial score (nSPS) is 16.5. The molecule has 0 spiro atoms. The van der Waals surface area contributed by atoms with Gasteiger partial charge in [0.2, 0.25) is 0 Å². The zero-order valence-electron chi connectivity index (χ0n) is 11.0. The molecule has 0 fully saturated rings. The average Bonchev–Trinajstić information content (AvgIpc) is 2.26. The average molecular weight is 236 g/mol. The van der Waals surface area contributed by atoms with E-state index in [9.17, 15) is 5.11 Å². The zero-order valence-corrected chi connectivity index (χ0v) is 11.0. The number of hydrogen-bond acceptors (Lipinski definition) is 3. The molecule has 0 radical (unpaired) electrons. The Bertz CT molecular complexity index is 339. The predicted octanol–water partition coefficient (Wildman–Crippen LogP) is 2.67. The maximum Gasteiger partial charge on any atom is 0.102 e. The van der Waals surface area contributed by atoms with Crippen molar-refractivity contribution in [1.29, 1.82) is 0 Å². The maximum atomic E-state index is 9.53. The second-order valence-corrected chi connectivity index (χ2v) is 4.76. The first-order valence-electron chi connectivity index (χ1n) is 6.34. The zero-order chi connectivity index (χ0) is 12.8. The van der Waals surface area contributed by atoms with Crippen LogP contribution in [0.5, 0.6) is 0 Å². The van der Waals surface area contributed by atoms with Crippen LogP contribution in [0.4, 0.5) is 5.69 Å². The van der Waals surface area contributed by atoms with E-state index in [4.69, 9.17) is 5.73 Å². The lowest BCUT2D eigenvalue weighted by atomic mass is 9.90. The first-order chi connectivity index (χ1) is 8.04. The van der Waals surface area contributed by atoms with Crippen molar-refractivity contribution >= 4 is 5.69 Å². The highest BCUT2D eigenvalue weighted by Gasteiger charge is 2.19. The molecule has 1 rings (SSSR count). The van der Waals surface area contributed by atoms with Crippen LogP contribution in [0.25, 0.3) is 0 Å². The van der Waals surface area contributed by atoms with Gasteiger partial charge in [0.15, 0.2) is 0 Å². The number of benzene rings is 1. The lowest BCUT2D eigenvalue weighted by Crippen LogP contribution is -2.34. The molecule has 0 heterocycles. The minimum atomic E-state index is -0.513. The fourth-order valence-corrected chi connectivity index (χ4v) is 2.22. The summed E-state index contributed by atoms with van der Waals surface area (Å²) in [7, 11) is 0. The molecule has 3 heteroatoms. The summed E-state index contributed by atoms with van der Waals surface area (Å²) in [6.45, 7) is 6.12. The summed E-state index contributed by atoms with van der Waals surface area (Å²) in [5.74, 6) is 0.469. The number of nitrogens with two attached hydrogens (primary N) is 1. The van der Waals surface area contributed by atoms with Crippen LogP contribution >= 0.6 is 0 Å². The Labute approximate surface area is 104 Å². The van der Waals surface area contributed by atoms with E-state index in [0.29, 0.717) is 5.92 Å². The molecular weight excluding hydrogens is 212 g/mol. The third kappa shape index (κ3) is 4.36. The number of anilines is 1. The Morgan fingerprint density at radius 3 is 2.59 bits per heavy atom. The summed E-state index contributed by atoms with van der Waals surface area (Å²) in [5.41, 5.74) is 7.72. The monoisotopic (exact) mass is 236 g/mol. The molecule has 3 atom stereocenters. The molecule has 1 aromatic carbocycles. The van der Waals surface area contributed by atoms with Gasteiger partial charge in [-0.2, -0.15) is 0 Å². The number of aliphatic hydroxyl groups is 1. The second-order valence-electron chi connectivity index (χ2n) is 4.76. The Morgan fingerprint density at radius 2 is 2.06 bits per heavy atom. The molecule has 0 aliphatic carbocycles. The second kappa shape index (κ2) is 6.62. The molecule has 0 aliphatic heterocycles. The first kappa shape index (κ1) is 14.0. The van der Waals surface area contributed by atoms with Crippen molar-refractivity contribution in [3.8, 4) is 0 Å². The van der Waals surface area contributed by atoms with Gasteiger partial charge in [0.1, 0.15) is 6.23 Å². The lowest BCUT2D eigenvalue weighted by Gasteiger charge is -2.27. The molecule has 0 bridgehead atoms. The van der Waals surface area contributed by atoms with Crippen molar-refractivity contribution in [2.75, 3.05) is 5.73 Å². The standard InChI is InChI=1S/C14H24N2O/c1-4-6-10(2)14(16-11(3)17)12-7-5-8-13(15)9-12/h5,7-11,14,16-17H,4,6,15H2,1-3H3. The van der Waals surface area contributed by atoms with Crippen molar-refractivity contribution in [2.24, 2.45) is 5.92 Å². The highest BCUT2D eigenvalue weighted by molar-refractivity contribution is 5.41. The van der Waals surface area contributed by atoms with Gasteiger partial charge in [-0.3, -0.25) is 5.32 Å². The van der Waals surface area contributed by atoms with Crippen LogP contribution in [-0.2, 0) is 0 Å². The number of aliphatic hydroxyl groups excluding tert-OH is 1. The number of nitrogens with one attached hydrogen (secondary N) is 1. The Kier molecular flexibility index (Phi) is 5.45. The summed E-state index contributed by atoms with van der Waals surface area (Å²) in [6, 6.07) is 8.03.